The van der Waals surface area contributed by atoms with Crippen LogP contribution in [0.4, 0.5) is 0 Å². The van der Waals surface area contributed by atoms with Gasteiger partial charge in [-0.3, -0.25) is 0 Å². The first-order valence-electron chi connectivity index (χ1n) is 5.85. The van der Waals surface area contributed by atoms with Gasteiger partial charge in [-0.05, 0) is 25.7 Å². The number of aryl methyl sites for hydroxylation is 2. The van der Waals surface area contributed by atoms with E-state index < -0.39 is 0 Å². The number of aromatic nitrogens is 2. The van der Waals surface area contributed by atoms with Gasteiger partial charge in [-0.25, -0.2) is 4.98 Å². The molecule has 1 saturated carbocycles. The SMILES string of the molecule is Cc1ncc(CCCC2CCCC2)[nH]1. The molecule has 0 aromatic carbocycles. The Balaban J connectivity index is 1.67. The van der Waals surface area contributed by atoms with Crippen molar-refractivity contribution in [2.75, 3.05) is 0 Å². The molecule has 0 bridgehead atoms. The minimum atomic E-state index is 1.03. The van der Waals surface area contributed by atoms with Gasteiger partial charge in [0.05, 0.1) is 0 Å². The summed E-state index contributed by atoms with van der Waals surface area (Å²) < 4.78 is 0. The lowest BCUT2D eigenvalue weighted by molar-refractivity contribution is 0.482. The van der Waals surface area contributed by atoms with Crippen LogP contribution < -0.4 is 0 Å². The molecule has 0 amide bonds. The smallest absolute Gasteiger partial charge is 0.103 e. The summed E-state index contributed by atoms with van der Waals surface area (Å²) in [6, 6.07) is 0. The number of rotatable bonds is 4. The molecule has 0 unspecified atom stereocenters. The summed E-state index contributed by atoms with van der Waals surface area (Å²) in [5, 5.41) is 0. The molecule has 1 fully saturated rings. The number of hydrogen-bond donors (Lipinski definition) is 1. The maximum absolute atomic E-state index is 4.21. The highest BCUT2D eigenvalue weighted by atomic mass is 14.9. The zero-order chi connectivity index (χ0) is 9.80. The Morgan fingerprint density at radius 2 is 2.21 bits per heavy atom. The Morgan fingerprint density at radius 3 is 2.86 bits per heavy atom. The van der Waals surface area contributed by atoms with Crippen molar-refractivity contribution in [2.24, 2.45) is 5.92 Å². The topological polar surface area (TPSA) is 28.7 Å². The van der Waals surface area contributed by atoms with E-state index in [1.807, 2.05) is 13.1 Å². The van der Waals surface area contributed by atoms with Gasteiger partial charge in [0.1, 0.15) is 5.82 Å². The van der Waals surface area contributed by atoms with E-state index in [2.05, 4.69) is 9.97 Å². The van der Waals surface area contributed by atoms with Crippen LogP contribution in [-0.4, -0.2) is 9.97 Å². The Morgan fingerprint density at radius 1 is 1.43 bits per heavy atom. The molecule has 0 spiro atoms. The normalized spacial score (nSPS) is 17.8. The first-order chi connectivity index (χ1) is 6.84. The Hall–Kier alpha value is -0.790. The van der Waals surface area contributed by atoms with Gasteiger partial charge in [0.15, 0.2) is 0 Å². The van der Waals surface area contributed by atoms with E-state index in [0.29, 0.717) is 0 Å². The molecule has 1 aromatic heterocycles. The van der Waals surface area contributed by atoms with Gasteiger partial charge in [-0.1, -0.05) is 32.1 Å². The van der Waals surface area contributed by atoms with E-state index in [-0.39, 0.29) is 0 Å². The van der Waals surface area contributed by atoms with E-state index in [9.17, 15) is 0 Å². The zero-order valence-electron chi connectivity index (χ0n) is 9.05. The second kappa shape index (κ2) is 4.63. The van der Waals surface area contributed by atoms with Crippen molar-refractivity contribution in [3.8, 4) is 0 Å². The molecule has 1 heterocycles. The highest BCUT2D eigenvalue weighted by Crippen LogP contribution is 2.28. The summed E-state index contributed by atoms with van der Waals surface area (Å²) in [6.45, 7) is 2.01. The Labute approximate surface area is 86.1 Å². The first-order valence-corrected chi connectivity index (χ1v) is 5.85. The van der Waals surface area contributed by atoms with Gasteiger partial charge in [0.25, 0.3) is 0 Å². The number of nitrogens with one attached hydrogen (secondary N) is 1. The molecule has 0 atom stereocenters. The fourth-order valence-corrected chi connectivity index (χ4v) is 2.48. The van der Waals surface area contributed by atoms with Crippen molar-refractivity contribution >= 4 is 0 Å². The average molecular weight is 192 g/mol. The minimum Gasteiger partial charge on any atom is -0.346 e. The fourth-order valence-electron chi connectivity index (χ4n) is 2.48. The molecule has 2 nitrogen and oxygen atoms in total. The number of imidazole rings is 1. The average Bonchev–Trinajstić information content (AvgIpc) is 2.77. The zero-order valence-corrected chi connectivity index (χ0v) is 9.05. The summed E-state index contributed by atoms with van der Waals surface area (Å²) in [5.74, 6) is 2.07. The van der Waals surface area contributed by atoms with Crippen LogP contribution in [-0.2, 0) is 6.42 Å². The summed E-state index contributed by atoms with van der Waals surface area (Å²) in [5.41, 5.74) is 1.31. The Kier molecular flexibility index (Phi) is 3.22. The van der Waals surface area contributed by atoms with Crippen molar-refractivity contribution < 1.29 is 0 Å². The van der Waals surface area contributed by atoms with Crippen LogP contribution in [0.2, 0.25) is 0 Å². The highest BCUT2D eigenvalue weighted by molar-refractivity contribution is 4.99. The van der Waals surface area contributed by atoms with Crippen molar-refractivity contribution in [3.05, 3.63) is 17.7 Å². The van der Waals surface area contributed by atoms with Crippen molar-refractivity contribution in [1.82, 2.24) is 9.97 Å². The second-order valence-corrected chi connectivity index (χ2v) is 4.54. The fraction of sp³-hybridized carbons (Fsp3) is 0.750. The third kappa shape index (κ3) is 2.60. The summed E-state index contributed by atoms with van der Waals surface area (Å²) >= 11 is 0. The van der Waals surface area contributed by atoms with Crippen LogP contribution in [0.1, 0.15) is 50.0 Å². The first kappa shape index (κ1) is 9.75. The van der Waals surface area contributed by atoms with E-state index in [1.165, 1.54) is 50.6 Å². The maximum atomic E-state index is 4.21. The summed E-state index contributed by atoms with van der Waals surface area (Å²) in [6.07, 6.45) is 11.8. The van der Waals surface area contributed by atoms with Gasteiger partial charge in [0, 0.05) is 11.9 Å². The van der Waals surface area contributed by atoms with Crippen LogP contribution in [0, 0.1) is 12.8 Å². The number of aromatic amines is 1. The molecule has 1 aromatic rings. The largest absolute Gasteiger partial charge is 0.346 e. The van der Waals surface area contributed by atoms with Crippen molar-refractivity contribution in [1.29, 1.82) is 0 Å². The molecule has 2 heteroatoms. The summed E-state index contributed by atoms with van der Waals surface area (Å²) in [4.78, 5) is 7.50. The Bertz CT molecular complexity index is 272. The van der Waals surface area contributed by atoms with Crippen molar-refractivity contribution in [2.45, 2.75) is 51.9 Å². The lowest BCUT2D eigenvalue weighted by atomic mass is 10.0. The van der Waals surface area contributed by atoms with Gasteiger partial charge in [0.2, 0.25) is 0 Å². The molecule has 1 aliphatic carbocycles. The molecule has 14 heavy (non-hydrogen) atoms. The third-order valence-electron chi connectivity index (χ3n) is 3.29. The molecule has 2 rings (SSSR count). The van der Waals surface area contributed by atoms with Crippen LogP contribution in [0.3, 0.4) is 0 Å². The summed E-state index contributed by atoms with van der Waals surface area (Å²) in [7, 11) is 0. The monoisotopic (exact) mass is 192 g/mol. The molecule has 0 radical (unpaired) electrons. The molecule has 0 aliphatic heterocycles. The van der Waals surface area contributed by atoms with Crippen LogP contribution >= 0.6 is 0 Å². The number of H-pyrrole nitrogens is 1. The molecule has 0 saturated heterocycles. The quantitative estimate of drug-likeness (QED) is 0.779. The molecule has 1 aliphatic rings. The van der Waals surface area contributed by atoms with E-state index in [0.717, 1.165) is 11.7 Å². The molecular weight excluding hydrogens is 172 g/mol. The number of nitrogens with zero attached hydrogens (tertiary/aromatic N) is 1. The minimum absolute atomic E-state index is 1.03. The van der Waals surface area contributed by atoms with Gasteiger partial charge < -0.3 is 4.98 Å². The van der Waals surface area contributed by atoms with Crippen LogP contribution in [0.5, 0.6) is 0 Å². The second-order valence-electron chi connectivity index (χ2n) is 4.54. The third-order valence-corrected chi connectivity index (χ3v) is 3.29. The highest BCUT2D eigenvalue weighted by Gasteiger charge is 2.14. The maximum Gasteiger partial charge on any atom is 0.103 e. The molecule has 78 valence electrons. The molecule has 1 N–H and O–H groups in total. The standard InChI is InChI=1S/C12H20N2/c1-10-13-9-12(14-10)8-4-7-11-5-2-3-6-11/h9,11H,2-8H2,1H3,(H,13,14). The van der Waals surface area contributed by atoms with Crippen LogP contribution in [0.15, 0.2) is 6.20 Å². The van der Waals surface area contributed by atoms with E-state index in [1.54, 1.807) is 0 Å². The predicted octanol–water partition coefficient (Wildman–Crippen LogP) is 3.23. The van der Waals surface area contributed by atoms with Crippen LogP contribution in [0.25, 0.3) is 0 Å². The van der Waals surface area contributed by atoms with E-state index >= 15 is 0 Å². The molecular formula is C12H20N2. The van der Waals surface area contributed by atoms with Crippen molar-refractivity contribution in [3.63, 3.8) is 0 Å². The van der Waals surface area contributed by atoms with Gasteiger partial charge >= 0.3 is 0 Å². The lowest BCUT2D eigenvalue weighted by Crippen LogP contribution is -1.95. The van der Waals surface area contributed by atoms with E-state index in [4.69, 9.17) is 0 Å². The predicted molar refractivity (Wildman–Crippen MR) is 58.2 cm³/mol. The van der Waals surface area contributed by atoms with Gasteiger partial charge in [-0.15, -0.1) is 0 Å². The van der Waals surface area contributed by atoms with Gasteiger partial charge in [-0.2, -0.15) is 0 Å². The number of hydrogen-bond acceptors (Lipinski definition) is 1. The lowest BCUT2D eigenvalue weighted by Gasteiger charge is -2.06.